The van der Waals surface area contributed by atoms with Gasteiger partial charge >= 0.3 is 0 Å². The lowest BCUT2D eigenvalue weighted by atomic mass is 9.84. The molecule has 0 bridgehead atoms. The van der Waals surface area contributed by atoms with Crippen LogP contribution < -0.4 is 4.74 Å². The summed E-state index contributed by atoms with van der Waals surface area (Å²) in [5.74, 6) is -0.158. The van der Waals surface area contributed by atoms with Gasteiger partial charge in [-0.15, -0.1) is 0 Å². The van der Waals surface area contributed by atoms with Gasteiger partial charge in [0.05, 0.1) is 0 Å². The van der Waals surface area contributed by atoms with Gasteiger partial charge < -0.3 is 4.74 Å². The topological polar surface area (TPSA) is 43.4 Å². The molecule has 5 heteroatoms. The van der Waals surface area contributed by atoms with Crippen molar-refractivity contribution in [2.24, 2.45) is 0 Å². The van der Waals surface area contributed by atoms with Crippen LogP contribution in [0.4, 0.5) is 0 Å². The van der Waals surface area contributed by atoms with E-state index in [0.717, 1.165) is 12.0 Å². The maximum atomic E-state index is 12.3. The van der Waals surface area contributed by atoms with Crippen LogP contribution in [0.15, 0.2) is 22.2 Å². The molecular weight excluding hydrogens is 299 g/mol. The third-order valence-electron chi connectivity index (χ3n) is 3.70. The Balaban J connectivity index is 2.22. The van der Waals surface area contributed by atoms with Crippen molar-refractivity contribution in [3.8, 4) is 5.75 Å². The Morgan fingerprint density at radius 2 is 1.75 bits per heavy atom. The summed E-state index contributed by atoms with van der Waals surface area (Å²) in [6, 6.07) is 3.31. The van der Waals surface area contributed by atoms with E-state index in [9.17, 15) is 9.59 Å². The van der Waals surface area contributed by atoms with E-state index in [4.69, 9.17) is 27.9 Å². The molecule has 0 aromatic heterocycles. The first-order valence-electron chi connectivity index (χ1n) is 6.31. The molecule has 0 unspecified atom stereocenters. The van der Waals surface area contributed by atoms with Crippen LogP contribution in [0.1, 0.15) is 46.5 Å². The second kappa shape index (κ2) is 4.34. The SMILES string of the molecule is CC1(C)CCc2c(ccc3c2C(=O)C(Cl)=C(Cl)C3=O)O1. The molecule has 1 aromatic rings. The predicted octanol–water partition coefficient (Wildman–Crippen LogP) is 3.86. The van der Waals surface area contributed by atoms with Gasteiger partial charge in [-0.2, -0.15) is 0 Å². The van der Waals surface area contributed by atoms with Crippen molar-refractivity contribution in [1.82, 2.24) is 0 Å². The largest absolute Gasteiger partial charge is 0.488 e. The maximum Gasteiger partial charge on any atom is 0.207 e. The Kier molecular flexibility index (Phi) is 2.96. The Labute approximate surface area is 126 Å². The molecule has 1 aliphatic heterocycles. The summed E-state index contributed by atoms with van der Waals surface area (Å²) < 4.78 is 5.88. The minimum atomic E-state index is -0.404. The van der Waals surface area contributed by atoms with Crippen LogP contribution >= 0.6 is 23.2 Å². The number of benzene rings is 1. The first kappa shape index (κ1) is 13.7. The van der Waals surface area contributed by atoms with Crippen molar-refractivity contribution < 1.29 is 14.3 Å². The Morgan fingerprint density at radius 1 is 1.10 bits per heavy atom. The molecule has 104 valence electrons. The summed E-state index contributed by atoms with van der Waals surface area (Å²) >= 11 is 11.7. The fraction of sp³-hybridized carbons (Fsp3) is 0.333. The fourth-order valence-corrected chi connectivity index (χ4v) is 2.99. The molecule has 0 amide bonds. The monoisotopic (exact) mass is 310 g/mol. The number of halogens is 2. The van der Waals surface area contributed by atoms with E-state index in [1.54, 1.807) is 12.1 Å². The van der Waals surface area contributed by atoms with Crippen molar-refractivity contribution in [3.05, 3.63) is 38.9 Å². The van der Waals surface area contributed by atoms with Crippen LogP contribution in [-0.4, -0.2) is 17.2 Å². The van der Waals surface area contributed by atoms with Gasteiger partial charge in [0.1, 0.15) is 21.4 Å². The minimum Gasteiger partial charge on any atom is -0.488 e. The summed E-state index contributed by atoms with van der Waals surface area (Å²) in [5.41, 5.74) is 1.13. The van der Waals surface area contributed by atoms with E-state index in [0.29, 0.717) is 23.3 Å². The van der Waals surface area contributed by atoms with Gasteiger partial charge in [-0.1, -0.05) is 23.2 Å². The van der Waals surface area contributed by atoms with Gasteiger partial charge in [0, 0.05) is 16.7 Å². The summed E-state index contributed by atoms with van der Waals surface area (Å²) in [4.78, 5) is 24.4. The number of allylic oxidation sites excluding steroid dienone is 2. The highest BCUT2D eigenvalue weighted by Crippen LogP contribution is 2.40. The number of rotatable bonds is 0. The molecule has 1 aromatic carbocycles. The highest BCUT2D eigenvalue weighted by molar-refractivity contribution is 6.59. The molecule has 0 fully saturated rings. The number of ketones is 2. The number of hydrogen-bond donors (Lipinski definition) is 0. The zero-order valence-corrected chi connectivity index (χ0v) is 12.6. The number of carbonyl (C=O) groups is 2. The molecule has 2 aliphatic rings. The third-order valence-corrected chi connectivity index (χ3v) is 4.51. The van der Waals surface area contributed by atoms with Gasteiger partial charge in [-0.25, -0.2) is 0 Å². The van der Waals surface area contributed by atoms with Crippen molar-refractivity contribution in [2.75, 3.05) is 0 Å². The lowest BCUT2D eigenvalue weighted by molar-refractivity contribution is 0.0830. The van der Waals surface area contributed by atoms with Crippen molar-refractivity contribution >= 4 is 34.8 Å². The molecule has 0 spiro atoms. The number of ether oxygens (including phenoxy) is 1. The maximum absolute atomic E-state index is 12.3. The van der Waals surface area contributed by atoms with Crippen LogP contribution in [0.25, 0.3) is 0 Å². The lowest BCUT2D eigenvalue weighted by Gasteiger charge is -2.34. The zero-order valence-electron chi connectivity index (χ0n) is 11.0. The van der Waals surface area contributed by atoms with Crippen LogP contribution in [0.5, 0.6) is 5.75 Å². The Hall–Kier alpha value is -1.32. The highest BCUT2D eigenvalue weighted by atomic mass is 35.5. The molecule has 0 radical (unpaired) electrons. The number of fused-ring (bicyclic) bond motifs is 3. The van der Waals surface area contributed by atoms with Crippen LogP contribution in [0.3, 0.4) is 0 Å². The van der Waals surface area contributed by atoms with Crippen LogP contribution in [0.2, 0.25) is 0 Å². The second-order valence-corrected chi connectivity index (χ2v) is 6.37. The highest BCUT2D eigenvalue weighted by Gasteiger charge is 2.36. The van der Waals surface area contributed by atoms with E-state index < -0.39 is 11.6 Å². The number of carbonyl (C=O) groups excluding carboxylic acids is 2. The molecule has 3 rings (SSSR count). The standard InChI is InChI=1S/C15H12Cl2O3/c1-15(2)6-5-7-9(20-15)4-3-8-10(7)14(19)12(17)11(16)13(8)18/h3-4H,5-6H2,1-2H3. The van der Waals surface area contributed by atoms with E-state index in [2.05, 4.69) is 0 Å². The number of Topliss-reactive ketones (excluding diaryl/α,β-unsaturated/α-hetero) is 2. The smallest absolute Gasteiger partial charge is 0.207 e. The second-order valence-electron chi connectivity index (χ2n) is 5.61. The van der Waals surface area contributed by atoms with E-state index in [1.807, 2.05) is 13.8 Å². The average molecular weight is 311 g/mol. The van der Waals surface area contributed by atoms with Gasteiger partial charge in [-0.3, -0.25) is 9.59 Å². The van der Waals surface area contributed by atoms with Gasteiger partial charge in [0.2, 0.25) is 11.6 Å². The summed E-state index contributed by atoms with van der Waals surface area (Å²) in [5, 5.41) is -0.413. The summed E-state index contributed by atoms with van der Waals surface area (Å²) in [6.45, 7) is 3.98. The molecule has 0 atom stereocenters. The molecule has 0 saturated heterocycles. The molecule has 3 nitrogen and oxygen atoms in total. The third kappa shape index (κ3) is 1.88. The molecular formula is C15H12Cl2O3. The molecule has 0 saturated carbocycles. The van der Waals surface area contributed by atoms with E-state index >= 15 is 0 Å². The molecule has 20 heavy (non-hydrogen) atoms. The summed E-state index contributed by atoms with van der Waals surface area (Å²) in [6.07, 6.45) is 1.44. The fourth-order valence-electron chi connectivity index (χ4n) is 2.62. The summed E-state index contributed by atoms with van der Waals surface area (Å²) in [7, 11) is 0. The van der Waals surface area contributed by atoms with E-state index in [-0.39, 0.29) is 15.7 Å². The Morgan fingerprint density at radius 3 is 2.45 bits per heavy atom. The van der Waals surface area contributed by atoms with Gasteiger partial charge in [0.25, 0.3) is 0 Å². The van der Waals surface area contributed by atoms with E-state index in [1.165, 1.54) is 0 Å². The molecule has 1 aliphatic carbocycles. The minimum absolute atomic E-state index is 0.206. The zero-order chi connectivity index (χ0) is 14.7. The Bertz CT molecular complexity index is 687. The average Bonchev–Trinajstić information content (AvgIpc) is 2.40. The molecule has 0 N–H and O–H groups in total. The van der Waals surface area contributed by atoms with Crippen molar-refractivity contribution in [1.29, 1.82) is 0 Å². The quantitative estimate of drug-likeness (QED) is 0.731. The van der Waals surface area contributed by atoms with Gasteiger partial charge in [-0.05, 0) is 38.8 Å². The predicted molar refractivity (Wildman–Crippen MR) is 76.9 cm³/mol. The normalized spacial score (nSPS) is 20.4. The lowest BCUT2D eigenvalue weighted by Crippen LogP contribution is -2.34. The first-order valence-corrected chi connectivity index (χ1v) is 7.07. The van der Waals surface area contributed by atoms with Crippen molar-refractivity contribution in [3.63, 3.8) is 0 Å². The van der Waals surface area contributed by atoms with Crippen molar-refractivity contribution in [2.45, 2.75) is 32.3 Å². The molecule has 1 heterocycles. The van der Waals surface area contributed by atoms with Crippen LogP contribution in [-0.2, 0) is 6.42 Å². The van der Waals surface area contributed by atoms with Crippen LogP contribution in [0, 0.1) is 0 Å². The number of hydrogen-bond acceptors (Lipinski definition) is 3. The van der Waals surface area contributed by atoms with Gasteiger partial charge in [0.15, 0.2) is 0 Å². The first-order chi connectivity index (χ1) is 9.32.